The molecule has 0 aliphatic carbocycles. The van der Waals surface area contributed by atoms with Crippen LogP contribution in [0.5, 0.6) is 0 Å². The van der Waals surface area contributed by atoms with Crippen LogP contribution in [0.4, 0.5) is 10.1 Å². The molecule has 1 heterocycles. The second-order valence-corrected chi connectivity index (χ2v) is 3.96. The predicted octanol–water partition coefficient (Wildman–Crippen LogP) is 1.98. The largest absolute Gasteiger partial charge is 0.456 e. The molecule has 6 heteroatoms. The summed E-state index contributed by atoms with van der Waals surface area (Å²) in [6.07, 6.45) is 1.56. The zero-order chi connectivity index (χ0) is 13.8. The average Bonchev–Trinajstić information content (AvgIpc) is 2.79. The molecule has 5 nitrogen and oxygen atoms in total. The Labute approximate surface area is 109 Å². The second kappa shape index (κ2) is 5.51. The Balaban J connectivity index is 2.05. The van der Waals surface area contributed by atoms with Crippen LogP contribution in [0.15, 0.2) is 30.5 Å². The summed E-state index contributed by atoms with van der Waals surface area (Å²) in [6, 6.07) is 6.11. The van der Waals surface area contributed by atoms with Gasteiger partial charge in [-0.05, 0) is 13.0 Å². The van der Waals surface area contributed by atoms with E-state index in [4.69, 9.17) is 10.5 Å². The Morgan fingerprint density at radius 3 is 2.84 bits per heavy atom. The number of carbonyl (C=O) groups is 1. The molecule has 0 saturated carbocycles. The molecule has 19 heavy (non-hydrogen) atoms. The highest BCUT2D eigenvalue weighted by molar-refractivity contribution is 5.92. The van der Waals surface area contributed by atoms with Crippen molar-refractivity contribution >= 4 is 11.7 Å². The summed E-state index contributed by atoms with van der Waals surface area (Å²) in [7, 11) is 0. The SMILES string of the molecule is CCn1cc(N)c(C(=O)OCc2ccccc2F)n1. The van der Waals surface area contributed by atoms with Crippen molar-refractivity contribution in [3.05, 3.63) is 47.5 Å². The quantitative estimate of drug-likeness (QED) is 0.856. The number of hydrogen-bond donors (Lipinski definition) is 1. The summed E-state index contributed by atoms with van der Waals surface area (Å²) in [4.78, 5) is 11.8. The van der Waals surface area contributed by atoms with E-state index in [-0.39, 0.29) is 18.0 Å². The van der Waals surface area contributed by atoms with E-state index in [2.05, 4.69) is 5.10 Å². The first-order valence-corrected chi connectivity index (χ1v) is 5.85. The number of halogens is 1. The van der Waals surface area contributed by atoms with Crippen LogP contribution in [0.1, 0.15) is 23.0 Å². The van der Waals surface area contributed by atoms with Crippen molar-refractivity contribution in [2.45, 2.75) is 20.1 Å². The molecular weight excluding hydrogens is 249 g/mol. The van der Waals surface area contributed by atoms with Gasteiger partial charge in [-0.15, -0.1) is 0 Å². The topological polar surface area (TPSA) is 70.1 Å². The van der Waals surface area contributed by atoms with Gasteiger partial charge in [-0.3, -0.25) is 4.68 Å². The molecule has 0 bridgehead atoms. The number of benzene rings is 1. The summed E-state index contributed by atoms with van der Waals surface area (Å²) in [5.41, 5.74) is 6.27. The molecular formula is C13H14FN3O2. The van der Waals surface area contributed by atoms with E-state index >= 15 is 0 Å². The minimum Gasteiger partial charge on any atom is -0.456 e. The molecule has 2 aromatic rings. The van der Waals surface area contributed by atoms with Gasteiger partial charge in [0.2, 0.25) is 0 Å². The van der Waals surface area contributed by atoms with Crippen molar-refractivity contribution in [2.75, 3.05) is 5.73 Å². The molecule has 0 aliphatic heterocycles. The van der Waals surface area contributed by atoms with Crippen LogP contribution in [0.3, 0.4) is 0 Å². The third kappa shape index (κ3) is 2.90. The zero-order valence-corrected chi connectivity index (χ0v) is 10.5. The normalized spacial score (nSPS) is 10.4. The lowest BCUT2D eigenvalue weighted by Gasteiger charge is -2.04. The molecule has 0 atom stereocenters. The molecule has 0 aliphatic rings. The first-order chi connectivity index (χ1) is 9.11. The third-order valence-corrected chi connectivity index (χ3v) is 2.62. The summed E-state index contributed by atoms with van der Waals surface area (Å²) >= 11 is 0. The fourth-order valence-corrected chi connectivity index (χ4v) is 1.58. The highest BCUT2D eigenvalue weighted by atomic mass is 19.1. The Morgan fingerprint density at radius 1 is 1.47 bits per heavy atom. The van der Waals surface area contributed by atoms with Gasteiger partial charge in [0, 0.05) is 18.3 Å². The number of rotatable bonds is 4. The van der Waals surface area contributed by atoms with Crippen molar-refractivity contribution in [3.8, 4) is 0 Å². The van der Waals surface area contributed by atoms with Gasteiger partial charge in [0.05, 0.1) is 5.69 Å². The van der Waals surface area contributed by atoms with Gasteiger partial charge >= 0.3 is 5.97 Å². The lowest BCUT2D eigenvalue weighted by atomic mass is 10.2. The number of aromatic nitrogens is 2. The first-order valence-electron chi connectivity index (χ1n) is 5.85. The van der Waals surface area contributed by atoms with Gasteiger partial charge in [-0.1, -0.05) is 18.2 Å². The Kier molecular flexibility index (Phi) is 3.79. The number of hydrogen-bond acceptors (Lipinski definition) is 4. The fraction of sp³-hybridized carbons (Fsp3) is 0.231. The molecule has 0 fully saturated rings. The van der Waals surface area contributed by atoms with Crippen molar-refractivity contribution < 1.29 is 13.9 Å². The highest BCUT2D eigenvalue weighted by Gasteiger charge is 2.16. The van der Waals surface area contributed by atoms with Gasteiger partial charge in [0.1, 0.15) is 12.4 Å². The van der Waals surface area contributed by atoms with E-state index in [1.807, 2.05) is 6.92 Å². The highest BCUT2D eigenvalue weighted by Crippen LogP contribution is 2.13. The van der Waals surface area contributed by atoms with Gasteiger partial charge < -0.3 is 10.5 Å². The monoisotopic (exact) mass is 263 g/mol. The summed E-state index contributed by atoms with van der Waals surface area (Å²) < 4.78 is 19.9. The van der Waals surface area contributed by atoms with Crippen molar-refractivity contribution in [3.63, 3.8) is 0 Å². The number of carbonyl (C=O) groups excluding carboxylic acids is 1. The third-order valence-electron chi connectivity index (χ3n) is 2.62. The molecule has 0 amide bonds. The van der Waals surface area contributed by atoms with E-state index in [0.717, 1.165) is 0 Å². The average molecular weight is 263 g/mol. The maximum Gasteiger partial charge on any atom is 0.361 e. The summed E-state index contributed by atoms with van der Waals surface area (Å²) in [5.74, 6) is -1.07. The smallest absolute Gasteiger partial charge is 0.361 e. The van der Waals surface area contributed by atoms with E-state index < -0.39 is 11.8 Å². The van der Waals surface area contributed by atoms with Crippen LogP contribution in [0.25, 0.3) is 0 Å². The second-order valence-electron chi connectivity index (χ2n) is 3.96. The van der Waals surface area contributed by atoms with Crippen LogP contribution in [0.2, 0.25) is 0 Å². The zero-order valence-electron chi connectivity index (χ0n) is 10.5. The number of ether oxygens (including phenoxy) is 1. The molecule has 0 saturated heterocycles. The van der Waals surface area contributed by atoms with Gasteiger partial charge in [-0.2, -0.15) is 5.10 Å². The van der Waals surface area contributed by atoms with Crippen LogP contribution >= 0.6 is 0 Å². The number of anilines is 1. The molecule has 2 rings (SSSR count). The lowest BCUT2D eigenvalue weighted by Crippen LogP contribution is -2.09. The van der Waals surface area contributed by atoms with Crippen LogP contribution in [-0.4, -0.2) is 15.7 Å². The van der Waals surface area contributed by atoms with Gasteiger partial charge in [0.25, 0.3) is 0 Å². The number of nitrogen functional groups attached to an aromatic ring is 1. The molecule has 1 aromatic heterocycles. The summed E-state index contributed by atoms with van der Waals surface area (Å²) in [6.45, 7) is 2.33. The number of esters is 1. The Morgan fingerprint density at radius 2 is 2.21 bits per heavy atom. The van der Waals surface area contributed by atoms with Crippen molar-refractivity contribution in [1.82, 2.24) is 9.78 Å². The lowest BCUT2D eigenvalue weighted by molar-refractivity contribution is 0.0462. The number of aryl methyl sites for hydroxylation is 1. The van der Waals surface area contributed by atoms with E-state index in [1.54, 1.807) is 24.4 Å². The maximum atomic E-state index is 13.3. The van der Waals surface area contributed by atoms with Crippen molar-refractivity contribution in [2.24, 2.45) is 0 Å². The molecule has 2 N–H and O–H groups in total. The summed E-state index contributed by atoms with van der Waals surface area (Å²) in [5, 5.41) is 3.99. The first kappa shape index (κ1) is 13.1. The Hall–Kier alpha value is -2.37. The molecule has 0 radical (unpaired) electrons. The van der Waals surface area contributed by atoms with E-state index in [0.29, 0.717) is 12.1 Å². The predicted molar refractivity (Wildman–Crippen MR) is 67.8 cm³/mol. The van der Waals surface area contributed by atoms with Gasteiger partial charge in [0.15, 0.2) is 5.69 Å². The van der Waals surface area contributed by atoms with Crippen LogP contribution in [0, 0.1) is 5.82 Å². The van der Waals surface area contributed by atoms with Crippen LogP contribution < -0.4 is 5.73 Å². The van der Waals surface area contributed by atoms with Gasteiger partial charge in [-0.25, -0.2) is 9.18 Å². The minimum atomic E-state index is -0.659. The van der Waals surface area contributed by atoms with Crippen LogP contribution in [-0.2, 0) is 17.9 Å². The molecule has 1 aromatic carbocycles. The molecule has 0 spiro atoms. The van der Waals surface area contributed by atoms with Crippen molar-refractivity contribution in [1.29, 1.82) is 0 Å². The maximum absolute atomic E-state index is 13.3. The van der Waals surface area contributed by atoms with E-state index in [1.165, 1.54) is 10.7 Å². The molecule has 0 unspecified atom stereocenters. The van der Waals surface area contributed by atoms with E-state index in [9.17, 15) is 9.18 Å². The minimum absolute atomic E-state index is 0.0539. The Bertz CT molecular complexity index is 595. The fourth-order valence-electron chi connectivity index (χ4n) is 1.58. The number of nitrogens with two attached hydrogens (primary N) is 1. The standard InChI is InChI=1S/C13H14FN3O2/c1-2-17-7-11(15)12(16-17)13(18)19-8-9-5-3-4-6-10(9)14/h3-7H,2,8,15H2,1H3. The molecule has 100 valence electrons. The number of nitrogens with zero attached hydrogens (tertiary/aromatic N) is 2.